The molecule has 4 aliphatic rings. The second-order valence-corrected chi connectivity index (χ2v) is 5.50. The van der Waals surface area contributed by atoms with Crippen LogP contribution in [0.4, 0.5) is 0 Å². The van der Waals surface area contributed by atoms with Crippen molar-refractivity contribution in [3.63, 3.8) is 0 Å². The minimum absolute atomic E-state index is 0.0290. The molecule has 0 unspecified atom stereocenters. The smallest absolute Gasteiger partial charge is 0.110 e. The van der Waals surface area contributed by atoms with E-state index >= 15 is 0 Å². The molecule has 3 saturated heterocycles. The van der Waals surface area contributed by atoms with Gasteiger partial charge in [0.1, 0.15) is 6.10 Å². The van der Waals surface area contributed by atoms with Gasteiger partial charge in [-0.15, -0.1) is 0 Å². The number of hydrogen-bond acceptors (Lipinski definition) is 3. The second-order valence-electron chi connectivity index (χ2n) is 5.50. The number of rotatable bonds is 1. The summed E-state index contributed by atoms with van der Waals surface area (Å²) in [6.07, 6.45) is 7.66. The first-order chi connectivity index (χ1) is 7.31. The number of ether oxygens (including phenoxy) is 3. The highest BCUT2D eigenvalue weighted by molar-refractivity contribution is 5.14. The van der Waals surface area contributed by atoms with E-state index in [1.807, 2.05) is 0 Å². The maximum absolute atomic E-state index is 6.31. The van der Waals surface area contributed by atoms with E-state index in [1.54, 1.807) is 0 Å². The van der Waals surface area contributed by atoms with Gasteiger partial charge in [0, 0.05) is 12.8 Å². The van der Waals surface area contributed by atoms with E-state index in [-0.39, 0.29) is 5.60 Å². The highest BCUT2D eigenvalue weighted by atomic mass is 16.6. The summed E-state index contributed by atoms with van der Waals surface area (Å²) in [6.45, 7) is 2.22. The van der Waals surface area contributed by atoms with Crippen LogP contribution in [0.5, 0.6) is 0 Å². The zero-order chi connectivity index (χ0) is 10.0. The Labute approximate surface area is 90.1 Å². The standard InChI is InChI=1S/C12H18O3/c1-2-7-3-4-10-12(15-7)5-8(13-10)11-9(6-12)14-11/h7-11H,2-6H2,1H3/t7-,8+,9+,10-,11-,12+/m0/s1. The topological polar surface area (TPSA) is 31.0 Å². The van der Waals surface area contributed by atoms with Crippen LogP contribution in [-0.2, 0) is 14.2 Å². The van der Waals surface area contributed by atoms with E-state index in [9.17, 15) is 0 Å². The van der Waals surface area contributed by atoms with Gasteiger partial charge >= 0.3 is 0 Å². The van der Waals surface area contributed by atoms with Crippen molar-refractivity contribution in [2.45, 2.75) is 75.1 Å². The van der Waals surface area contributed by atoms with Gasteiger partial charge in [-0.05, 0) is 19.3 Å². The summed E-state index contributed by atoms with van der Waals surface area (Å²) in [5.74, 6) is 0. The van der Waals surface area contributed by atoms with Crippen LogP contribution in [0.2, 0.25) is 0 Å². The van der Waals surface area contributed by atoms with Crippen molar-refractivity contribution in [1.29, 1.82) is 0 Å². The molecule has 15 heavy (non-hydrogen) atoms. The zero-order valence-corrected chi connectivity index (χ0v) is 9.15. The van der Waals surface area contributed by atoms with Crippen LogP contribution >= 0.6 is 0 Å². The maximum atomic E-state index is 6.31. The van der Waals surface area contributed by atoms with Crippen molar-refractivity contribution in [2.75, 3.05) is 0 Å². The molecule has 1 aliphatic carbocycles. The van der Waals surface area contributed by atoms with Gasteiger partial charge in [-0.3, -0.25) is 0 Å². The molecule has 3 nitrogen and oxygen atoms in total. The average molecular weight is 210 g/mol. The largest absolute Gasteiger partial charge is 0.369 e. The molecule has 6 atom stereocenters. The Kier molecular flexibility index (Phi) is 1.65. The molecular formula is C12H18O3. The van der Waals surface area contributed by atoms with Gasteiger partial charge in [0.2, 0.25) is 0 Å². The lowest BCUT2D eigenvalue weighted by Crippen LogP contribution is -2.50. The summed E-state index contributed by atoms with van der Waals surface area (Å²) in [5, 5.41) is 0. The Bertz CT molecular complexity index is 289. The van der Waals surface area contributed by atoms with Crippen LogP contribution in [0, 0.1) is 0 Å². The molecule has 0 N–H and O–H groups in total. The highest BCUT2D eigenvalue weighted by Crippen LogP contribution is 2.55. The van der Waals surface area contributed by atoms with Crippen molar-refractivity contribution in [1.82, 2.24) is 0 Å². The molecule has 4 fully saturated rings. The zero-order valence-electron chi connectivity index (χ0n) is 9.15. The second kappa shape index (κ2) is 2.76. The third kappa shape index (κ3) is 1.12. The van der Waals surface area contributed by atoms with Gasteiger partial charge in [-0.2, -0.15) is 0 Å². The molecule has 4 rings (SSSR count). The molecule has 3 aliphatic heterocycles. The fourth-order valence-corrected chi connectivity index (χ4v) is 3.77. The third-order valence-corrected chi connectivity index (χ3v) is 4.61. The quantitative estimate of drug-likeness (QED) is 0.616. The van der Waals surface area contributed by atoms with Gasteiger partial charge < -0.3 is 14.2 Å². The minimum atomic E-state index is 0.0290. The lowest BCUT2D eigenvalue weighted by molar-refractivity contribution is -0.169. The van der Waals surface area contributed by atoms with Crippen molar-refractivity contribution in [3.05, 3.63) is 0 Å². The third-order valence-electron chi connectivity index (χ3n) is 4.61. The summed E-state index contributed by atoms with van der Waals surface area (Å²) in [6, 6.07) is 0. The molecule has 0 amide bonds. The van der Waals surface area contributed by atoms with E-state index < -0.39 is 0 Å². The Balaban J connectivity index is 1.63. The predicted molar refractivity (Wildman–Crippen MR) is 53.7 cm³/mol. The van der Waals surface area contributed by atoms with Crippen LogP contribution in [0.25, 0.3) is 0 Å². The number of hydrogen-bond donors (Lipinski definition) is 0. The Morgan fingerprint density at radius 3 is 2.73 bits per heavy atom. The van der Waals surface area contributed by atoms with Gasteiger partial charge in [-0.25, -0.2) is 0 Å². The van der Waals surface area contributed by atoms with E-state index in [1.165, 1.54) is 12.8 Å². The van der Waals surface area contributed by atoms with Crippen LogP contribution < -0.4 is 0 Å². The Morgan fingerprint density at radius 2 is 1.93 bits per heavy atom. The van der Waals surface area contributed by atoms with Crippen molar-refractivity contribution < 1.29 is 14.2 Å². The van der Waals surface area contributed by atoms with E-state index in [0.29, 0.717) is 30.5 Å². The predicted octanol–water partition coefficient (Wildman–Crippen LogP) is 1.64. The van der Waals surface area contributed by atoms with Crippen LogP contribution in [-0.4, -0.2) is 36.1 Å². The first-order valence-corrected chi connectivity index (χ1v) is 6.29. The molecule has 84 valence electrons. The SMILES string of the molecule is CC[C@H]1CC[C@@H]2O[C@@H]3C[C@]2(C[C@H]2O[C@H]23)O1. The Morgan fingerprint density at radius 1 is 1.13 bits per heavy atom. The maximum Gasteiger partial charge on any atom is 0.110 e. The molecule has 2 bridgehead atoms. The first-order valence-electron chi connectivity index (χ1n) is 6.29. The normalized spacial score (nSPS) is 61.0. The van der Waals surface area contributed by atoms with Gasteiger partial charge in [0.05, 0.1) is 30.0 Å². The molecule has 3 heterocycles. The lowest BCUT2D eigenvalue weighted by atomic mass is 9.78. The van der Waals surface area contributed by atoms with Crippen molar-refractivity contribution in [3.8, 4) is 0 Å². The minimum Gasteiger partial charge on any atom is -0.369 e. The Hall–Kier alpha value is -0.120. The summed E-state index contributed by atoms with van der Waals surface area (Å²) in [5.41, 5.74) is 0.0290. The molecule has 0 radical (unpaired) electrons. The molecule has 0 aromatic carbocycles. The number of fused-ring (bicyclic) bond motifs is 3. The van der Waals surface area contributed by atoms with E-state index in [0.717, 1.165) is 19.3 Å². The molecule has 3 heteroatoms. The fraction of sp³-hybridized carbons (Fsp3) is 1.00. The summed E-state index contributed by atoms with van der Waals surface area (Å²) in [4.78, 5) is 0. The van der Waals surface area contributed by atoms with Crippen LogP contribution in [0.3, 0.4) is 0 Å². The van der Waals surface area contributed by atoms with Gasteiger partial charge in [-0.1, -0.05) is 6.92 Å². The molecule has 1 spiro atoms. The van der Waals surface area contributed by atoms with Crippen molar-refractivity contribution >= 4 is 0 Å². The van der Waals surface area contributed by atoms with Gasteiger partial charge in [0.15, 0.2) is 0 Å². The highest BCUT2D eigenvalue weighted by Gasteiger charge is 2.66. The van der Waals surface area contributed by atoms with Crippen LogP contribution in [0.1, 0.15) is 39.0 Å². The summed E-state index contributed by atoms with van der Waals surface area (Å²) in [7, 11) is 0. The molecule has 0 aromatic heterocycles. The summed E-state index contributed by atoms with van der Waals surface area (Å²) < 4.78 is 18.0. The average Bonchev–Trinajstić information content (AvgIpc) is 2.92. The van der Waals surface area contributed by atoms with E-state index in [2.05, 4.69) is 6.92 Å². The van der Waals surface area contributed by atoms with E-state index in [4.69, 9.17) is 14.2 Å². The van der Waals surface area contributed by atoms with Crippen LogP contribution in [0.15, 0.2) is 0 Å². The molecule has 0 aromatic rings. The summed E-state index contributed by atoms with van der Waals surface area (Å²) >= 11 is 0. The molecular weight excluding hydrogens is 192 g/mol. The lowest BCUT2D eigenvalue weighted by Gasteiger charge is -2.42. The number of epoxide rings is 1. The monoisotopic (exact) mass is 210 g/mol. The first kappa shape index (κ1) is 8.97. The van der Waals surface area contributed by atoms with Crippen molar-refractivity contribution in [2.24, 2.45) is 0 Å². The fourth-order valence-electron chi connectivity index (χ4n) is 3.77. The molecule has 1 saturated carbocycles. The van der Waals surface area contributed by atoms with Gasteiger partial charge in [0.25, 0.3) is 0 Å².